The fourth-order valence-electron chi connectivity index (χ4n) is 2.86. The van der Waals surface area contributed by atoms with Crippen molar-refractivity contribution in [1.29, 1.82) is 0 Å². The molecule has 2 aromatic carbocycles. The fraction of sp³-hybridized carbons (Fsp3) is 0.208. The molecule has 0 aliphatic rings. The molecule has 0 aliphatic heterocycles. The highest BCUT2D eigenvalue weighted by molar-refractivity contribution is 7.14. The lowest BCUT2D eigenvalue weighted by Gasteiger charge is -2.04. The third-order valence-corrected chi connectivity index (χ3v) is 5.87. The molecule has 3 aromatic rings. The van der Waals surface area contributed by atoms with Crippen LogP contribution in [0.2, 0.25) is 0 Å². The molecule has 0 saturated heterocycles. The molecular formula is C24H25FN4O2S. The van der Waals surface area contributed by atoms with Crippen LogP contribution < -0.4 is 15.8 Å². The number of thiazole rings is 1. The number of ether oxygens (including phenoxy) is 1. The number of benzene rings is 2. The molecule has 1 heterocycles. The largest absolute Gasteiger partial charge is 0.497 e. The van der Waals surface area contributed by atoms with Crippen LogP contribution in [0.4, 0.5) is 4.39 Å². The smallest absolute Gasteiger partial charge is 0.263 e. The van der Waals surface area contributed by atoms with Crippen molar-refractivity contribution in [3.05, 3.63) is 87.1 Å². The number of carbonyl (C=O) groups excluding carboxylic acids is 1. The first-order valence-corrected chi connectivity index (χ1v) is 10.9. The standard InChI is InChI=1S/C24H25FN4O2S/c1-16-22(23(30)28-15-18-3-7-19(25)8-4-18)32-24(29-16)21(26)12-14-27-13-11-17-5-9-20(31-2)10-6-17/h3-10,12,14H,11,13,15,26H2,1-2H3,(H,28,30). The number of nitrogens with two attached hydrogens (primary N) is 1. The highest BCUT2D eigenvalue weighted by Gasteiger charge is 2.16. The maximum atomic E-state index is 13.0. The van der Waals surface area contributed by atoms with Gasteiger partial charge in [0, 0.05) is 19.3 Å². The van der Waals surface area contributed by atoms with E-state index >= 15 is 0 Å². The lowest BCUT2D eigenvalue weighted by atomic mass is 10.1. The van der Waals surface area contributed by atoms with Crippen LogP contribution in [0.5, 0.6) is 5.75 Å². The zero-order valence-corrected chi connectivity index (χ0v) is 18.8. The summed E-state index contributed by atoms with van der Waals surface area (Å²) in [7, 11) is 1.64. The fourth-order valence-corrected chi connectivity index (χ4v) is 3.78. The Labute approximate surface area is 190 Å². The number of methoxy groups -OCH3 is 1. The van der Waals surface area contributed by atoms with Gasteiger partial charge in [0.2, 0.25) is 0 Å². The summed E-state index contributed by atoms with van der Waals surface area (Å²) in [6.45, 7) is 2.70. The van der Waals surface area contributed by atoms with E-state index in [2.05, 4.69) is 15.3 Å². The second-order valence-corrected chi connectivity index (χ2v) is 8.02. The van der Waals surface area contributed by atoms with Crippen LogP contribution in [-0.4, -0.2) is 30.8 Å². The van der Waals surface area contributed by atoms with E-state index in [0.717, 1.165) is 17.7 Å². The summed E-state index contributed by atoms with van der Waals surface area (Å²) in [4.78, 5) is 21.8. The third kappa shape index (κ3) is 6.49. The van der Waals surface area contributed by atoms with E-state index in [1.54, 1.807) is 38.5 Å². The zero-order valence-electron chi connectivity index (χ0n) is 18.0. The van der Waals surface area contributed by atoms with E-state index < -0.39 is 0 Å². The molecule has 0 spiro atoms. The third-order valence-electron chi connectivity index (χ3n) is 4.66. The first-order valence-electron chi connectivity index (χ1n) is 10.0. The Morgan fingerprint density at radius 3 is 2.56 bits per heavy atom. The number of allylic oxidation sites excluding steroid dienone is 1. The Hall–Kier alpha value is -3.52. The van der Waals surface area contributed by atoms with Crippen LogP contribution in [0.15, 0.2) is 59.6 Å². The van der Waals surface area contributed by atoms with Gasteiger partial charge in [0.05, 0.1) is 18.5 Å². The van der Waals surface area contributed by atoms with Crippen LogP contribution in [0.25, 0.3) is 5.70 Å². The van der Waals surface area contributed by atoms with Crippen molar-refractivity contribution in [2.45, 2.75) is 19.9 Å². The minimum Gasteiger partial charge on any atom is -0.497 e. The predicted octanol–water partition coefficient (Wildman–Crippen LogP) is 4.14. The highest BCUT2D eigenvalue weighted by Crippen LogP contribution is 2.22. The summed E-state index contributed by atoms with van der Waals surface area (Å²) in [6.07, 6.45) is 4.15. The van der Waals surface area contributed by atoms with Crippen LogP contribution in [-0.2, 0) is 13.0 Å². The van der Waals surface area contributed by atoms with Gasteiger partial charge in [-0.25, -0.2) is 9.37 Å². The van der Waals surface area contributed by atoms with Gasteiger partial charge in [-0.2, -0.15) is 0 Å². The number of aliphatic imine (C=N–C) groups is 1. The lowest BCUT2D eigenvalue weighted by Crippen LogP contribution is -2.22. The lowest BCUT2D eigenvalue weighted by molar-refractivity contribution is 0.0954. The van der Waals surface area contributed by atoms with Crippen molar-refractivity contribution in [2.24, 2.45) is 10.7 Å². The summed E-state index contributed by atoms with van der Waals surface area (Å²) in [5.41, 5.74) is 9.16. The molecule has 166 valence electrons. The Kier molecular flexibility index (Phi) is 8.10. The van der Waals surface area contributed by atoms with E-state index in [1.807, 2.05) is 24.3 Å². The molecule has 0 atom stereocenters. The van der Waals surface area contributed by atoms with E-state index in [-0.39, 0.29) is 11.7 Å². The van der Waals surface area contributed by atoms with Crippen LogP contribution in [0.3, 0.4) is 0 Å². The van der Waals surface area contributed by atoms with Gasteiger partial charge in [-0.15, -0.1) is 11.3 Å². The number of halogens is 1. The first-order chi connectivity index (χ1) is 15.5. The molecule has 0 fully saturated rings. The van der Waals surface area contributed by atoms with Crippen molar-refractivity contribution in [2.75, 3.05) is 13.7 Å². The Balaban J connectivity index is 1.53. The number of aromatic nitrogens is 1. The van der Waals surface area contributed by atoms with Gasteiger partial charge in [-0.1, -0.05) is 24.3 Å². The zero-order chi connectivity index (χ0) is 22.9. The SMILES string of the molecule is COc1ccc(CCN=CC=C(N)c2nc(C)c(C(=O)NCc3ccc(F)cc3)s2)cc1. The minimum absolute atomic E-state index is 0.239. The van der Waals surface area contributed by atoms with E-state index in [0.29, 0.717) is 34.4 Å². The first kappa shape index (κ1) is 23.1. The normalized spacial score (nSPS) is 11.7. The number of nitrogens with one attached hydrogen (secondary N) is 1. The molecule has 8 heteroatoms. The van der Waals surface area contributed by atoms with Crippen molar-refractivity contribution >= 4 is 29.2 Å². The van der Waals surface area contributed by atoms with Gasteiger partial charge in [-0.3, -0.25) is 9.79 Å². The van der Waals surface area contributed by atoms with Gasteiger partial charge in [0.25, 0.3) is 5.91 Å². The number of hydrogen-bond acceptors (Lipinski definition) is 6. The van der Waals surface area contributed by atoms with Crippen LogP contribution >= 0.6 is 11.3 Å². The van der Waals surface area contributed by atoms with Gasteiger partial charge in [0.1, 0.15) is 21.5 Å². The number of carbonyl (C=O) groups is 1. The maximum Gasteiger partial charge on any atom is 0.263 e. The molecule has 3 rings (SSSR count). The van der Waals surface area contributed by atoms with Crippen molar-refractivity contribution in [3.63, 3.8) is 0 Å². The molecule has 1 amide bonds. The monoisotopic (exact) mass is 452 g/mol. The Bertz CT molecular complexity index is 1110. The number of amides is 1. The van der Waals surface area contributed by atoms with Gasteiger partial charge >= 0.3 is 0 Å². The van der Waals surface area contributed by atoms with Gasteiger partial charge in [0.15, 0.2) is 0 Å². The molecule has 0 unspecified atom stereocenters. The number of nitrogens with zero attached hydrogens (tertiary/aromatic N) is 2. The summed E-state index contributed by atoms with van der Waals surface area (Å²) in [5.74, 6) is 0.279. The summed E-state index contributed by atoms with van der Waals surface area (Å²) < 4.78 is 18.1. The average molecular weight is 453 g/mol. The summed E-state index contributed by atoms with van der Waals surface area (Å²) >= 11 is 1.23. The second-order valence-electron chi connectivity index (χ2n) is 7.02. The predicted molar refractivity (Wildman–Crippen MR) is 127 cm³/mol. The van der Waals surface area contributed by atoms with Crippen molar-refractivity contribution in [1.82, 2.24) is 10.3 Å². The molecule has 6 nitrogen and oxygen atoms in total. The van der Waals surface area contributed by atoms with Crippen LogP contribution in [0, 0.1) is 12.7 Å². The van der Waals surface area contributed by atoms with E-state index in [1.165, 1.54) is 29.0 Å². The molecule has 3 N–H and O–H groups in total. The van der Waals surface area contributed by atoms with Crippen LogP contribution in [0.1, 0.15) is 31.5 Å². The summed E-state index contributed by atoms with van der Waals surface area (Å²) in [6, 6.07) is 13.9. The van der Waals surface area contributed by atoms with Gasteiger partial charge < -0.3 is 15.8 Å². The second kappa shape index (κ2) is 11.2. The number of rotatable bonds is 9. The topological polar surface area (TPSA) is 89.6 Å². The number of hydrogen-bond donors (Lipinski definition) is 2. The maximum absolute atomic E-state index is 13.0. The molecule has 0 aliphatic carbocycles. The molecular weight excluding hydrogens is 427 g/mol. The quantitative estimate of drug-likeness (QED) is 0.478. The molecule has 0 bridgehead atoms. The Morgan fingerprint density at radius 2 is 1.88 bits per heavy atom. The highest BCUT2D eigenvalue weighted by atomic mass is 32.1. The average Bonchev–Trinajstić information content (AvgIpc) is 3.20. The molecule has 32 heavy (non-hydrogen) atoms. The van der Waals surface area contributed by atoms with E-state index in [4.69, 9.17) is 10.5 Å². The van der Waals surface area contributed by atoms with Crippen molar-refractivity contribution < 1.29 is 13.9 Å². The molecule has 0 saturated carbocycles. The Morgan fingerprint density at radius 1 is 1.19 bits per heavy atom. The molecule has 1 aromatic heterocycles. The summed E-state index contributed by atoms with van der Waals surface area (Å²) in [5, 5.41) is 3.39. The van der Waals surface area contributed by atoms with E-state index in [9.17, 15) is 9.18 Å². The van der Waals surface area contributed by atoms with Gasteiger partial charge in [-0.05, 0) is 54.8 Å². The number of aryl methyl sites for hydroxylation is 1. The molecule has 0 radical (unpaired) electrons. The minimum atomic E-state index is -0.311. The van der Waals surface area contributed by atoms with Crippen molar-refractivity contribution in [3.8, 4) is 5.75 Å².